The first-order valence-electron chi connectivity index (χ1n) is 6.19. The van der Waals surface area contributed by atoms with Crippen molar-refractivity contribution in [2.24, 2.45) is 5.92 Å². The Labute approximate surface area is 96.3 Å². The average molecular weight is 222 g/mol. The van der Waals surface area contributed by atoms with Gasteiger partial charge in [-0.25, -0.2) is 4.39 Å². The third kappa shape index (κ3) is 2.82. The van der Waals surface area contributed by atoms with Crippen molar-refractivity contribution in [1.29, 1.82) is 0 Å². The molecule has 2 rings (SSSR count). The van der Waals surface area contributed by atoms with E-state index in [0.717, 1.165) is 18.4 Å². The lowest BCUT2D eigenvalue weighted by atomic mass is 9.95. The normalized spacial score (nSPS) is 18.9. The maximum Gasteiger partial charge on any atom is 0.126 e. The molecular formula is C14H19FO. The number of benzene rings is 1. The summed E-state index contributed by atoms with van der Waals surface area (Å²) >= 11 is 0. The minimum absolute atomic E-state index is 0.152. The summed E-state index contributed by atoms with van der Waals surface area (Å²) in [7, 11) is 0. The van der Waals surface area contributed by atoms with Crippen molar-refractivity contribution >= 4 is 0 Å². The first-order chi connectivity index (χ1) is 7.77. The van der Waals surface area contributed by atoms with Gasteiger partial charge in [0.1, 0.15) is 5.82 Å². The van der Waals surface area contributed by atoms with Gasteiger partial charge in [0.2, 0.25) is 0 Å². The zero-order valence-electron chi connectivity index (χ0n) is 9.53. The van der Waals surface area contributed by atoms with Gasteiger partial charge in [-0.15, -0.1) is 0 Å². The number of aliphatic hydroxyl groups excluding tert-OH is 1. The number of halogens is 1. The minimum atomic E-state index is -0.248. The van der Waals surface area contributed by atoms with Gasteiger partial charge in [0, 0.05) is 0 Å². The lowest BCUT2D eigenvalue weighted by Crippen LogP contribution is -2.18. The molecule has 1 saturated carbocycles. The van der Waals surface area contributed by atoms with Crippen molar-refractivity contribution in [2.75, 3.05) is 0 Å². The van der Waals surface area contributed by atoms with E-state index in [9.17, 15) is 9.50 Å². The van der Waals surface area contributed by atoms with Crippen LogP contribution in [0.2, 0.25) is 0 Å². The molecule has 0 aliphatic heterocycles. The fourth-order valence-corrected chi connectivity index (χ4v) is 2.58. The van der Waals surface area contributed by atoms with Crippen LogP contribution in [-0.2, 0) is 6.42 Å². The maximum absolute atomic E-state index is 13.3. The Morgan fingerprint density at radius 2 is 1.94 bits per heavy atom. The van der Waals surface area contributed by atoms with E-state index in [1.807, 2.05) is 6.07 Å². The highest BCUT2D eigenvalue weighted by Gasteiger charge is 2.22. The summed E-state index contributed by atoms with van der Waals surface area (Å²) in [5, 5.41) is 9.98. The predicted molar refractivity (Wildman–Crippen MR) is 62.7 cm³/mol. The van der Waals surface area contributed by atoms with Gasteiger partial charge < -0.3 is 5.11 Å². The third-order valence-electron chi connectivity index (χ3n) is 3.61. The van der Waals surface area contributed by atoms with Gasteiger partial charge in [0.05, 0.1) is 6.10 Å². The molecule has 1 aliphatic rings. The molecule has 1 aliphatic carbocycles. The van der Waals surface area contributed by atoms with E-state index in [4.69, 9.17) is 0 Å². The quantitative estimate of drug-likeness (QED) is 0.828. The standard InChI is InChI=1S/C14H19FO/c15-13-8-4-3-5-11(13)9-10-14(16)12-6-1-2-7-12/h3-5,8,12,14,16H,1-2,6-7,9-10H2. The molecule has 0 radical (unpaired) electrons. The lowest BCUT2D eigenvalue weighted by Gasteiger charge is -2.17. The van der Waals surface area contributed by atoms with Gasteiger partial charge in [-0.05, 0) is 43.2 Å². The number of hydrogen-bond donors (Lipinski definition) is 1. The van der Waals surface area contributed by atoms with E-state index in [1.54, 1.807) is 12.1 Å². The van der Waals surface area contributed by atoms with Gasteiger partial charge in [-0.1, -0.05) is 31.0 Å². The smallest absolute Gasteiger partial charge is 0.126 e. The monoisotopic (exact) mass is 222 g/mol. The van der Waals surface area contributed by atoms with E-state index in [-0.39, 0.29) is 11.9 Å². The number of hydrogen-bond acceptors (Lipinski definition) is 1. The van der Waals surface area contributed by atoms with E-state index in [2.05, 4.69) is 0 Å². The van der Waals surface area contributed by atoms with Gasteiger partial charge >= 0.3 is 0 Å². The van der Waals surface area contributed by atoms with Crippen LogP contribution >= 0.6 is 0 Å². The van der Waals surface area contributed by atoms with Crippen molar-refractivity contribution in [1.82, 2.24) is 0 Å². The molecule has 1 aromatic carbocycles. The minimum Gasteiger partial charge on any atom is -0.393 e. The van der Waals surface area contributed by atoms with Crippen molar-refractivity contribution in [3.63, 3.8) is 0 Å². The van der Waals surface area contributed by atoms with Crippen molar-refractivity contribution < 1.29 is 9.50 Å². The van der Waals surface area contributed by atoms with Gasteiger partial charge in [-0.2, -0.15) is 0 Å². The highest BCUT2D eigenvalue weighted by atomic mass is 19.1. The second-order valence-electron chi connectivity index (χ2n) is 4.74. The first kappa shape index (κ1) is 11.6. The molecule has 1 nitrogen and oxygen atoms in total. The van der Waals surface area contributed by atoms with Gasteiger partial charge in [0.25, 0.3) is 0 Å². The Kier molecular flexibility index (Phi) is 3.94. The third-order valence-corrected chi connectivity index (χ3v) is 3.61. The maximum atomic E-state index is 13.3. The second kappa shape index (κ2) is 5.44. The molecule has 1 aromatic rings. The summed E-state index contributed by atoms with van der Waals surface area (Å²) < 4.78 is 13.3. The van der Waals surface area contributed by atoms with E-state index in [0.29, 0.717) is 18.8 Å². The summed E-state index contributed by atoms with van der Waals surface area (Å²) in [6.45, 7) is 0. The van der Waals surface area contributed by atoms with Crippen LogP contribution in [0.5, 0.6) is 0 Å². The largest absolute Gasteiger partial charge is 0.393 e. The molecule has 0 aromatic heterocycles. The Bertz CT molecular complexity index is 331. The summed E-state index contributed by atoms with van der Waals surface area (Å²) in [6, 6.07) is 6.83. The van der Waals surface area contributed by atoms with Crippen LogP contribution in [0.1, 0.15) is 37.7 Å². The zero-order chi connectivity index (χ0) is 11.4. The molecule has 1 unspecified atom stereocenters. The fourth-order valence-electron chi connectivity index (χ4n) is 2.58. The molecule has 0 amide bonds. The fraction of sp³-hybridized carbons (Fsp3) is 0.571. The molecule has 16 heavy (non-hydrogen) atoms. The molecule has 0 saturated heterocycles. The SMILES string of the molecule is OC(CCc1ccccc1F)C1CCCC1. The second-order valence-corrected chi connectivity index (χ2v) is 4.74. The van der Waals surface area contributed by atoms with E-state index < -0.39 is 0 Å². The number of aryl methyl sites for hydroxylation is 1. The summed E-state index contributed by atoms with van der Waals surface area (Å²) in [4.78, 5) is 0. The summed E-state index contributed by atoms with van der Waals surface area (Å²) in [5.74, 6) is 0.299. The molecule has 0 bridgehead atoms. The molecule has 0 spiro atoms. The Morgan fingerprint density at radius 3 is 2.62 bits per heavy atom. The van der Waals surface area contributed by atoms with Crippen LogP contribution < -0.4 is 0 Å². The molecule has 1 atom stereocenters. The van der Waals surface area contributed by atoms with Crippen molar-refractivity contribution in [2.45, 2.75) is 44.6 Å². The Morgan fingerprint density at radius 1 is 1.25 bits per heavy atom. The number of rotatable bonds is 4. The first-order valence-corrected chi connectivity index (χ1v) is 6.19. The molecule has 88 valence electrons. The molecule has 1 fully saturated rings. The van der Waals surface area contributed by atoms with Gasteiger partial charge in [-0.3, -0.25) is 0 Å². The number of aliphatic hydroxyl groups is 1. The Balaban J connectivity index is 1.84. The van der Waals surface area contributed by atoms with Gasteiger partial charge in [0.15, 0.2) is 0 Å². The topological polar surface area (TPSA) is 20.2 Å². The van der Waals surface area contributed by atoms with Crippen LogP contribution in [0.25, 0.3) is 0 Å². The average Bonchev–Trinajstić information content (AvgIpc) is 2.81. The van der Waals surface area contributed by atoms with Crippen LogP contribution in [0.3, 0.4) is 0 Å². The molecule has 2 heteroatoms. The van der Waals surface area contributed by atoms with Crippen LogP contribution in [0.4, 0.5) is 4.39 Å². The molecule has 0 heterocycles. The van der Waals surface area contributed by atoms with E-state index in [1.165, 1.54) is 18.9 Å². The van der Waals surface area contributed by atoms with Crippen molar-refractivity contribution in [3.05, 3.63) is 35.6 Å². The van der Waals surface area contributed by atoms with Crippen LogP contribution in [0, 0.1) is 11.7 Å². The zero-order valence-corrected chi connectivity index (χ0v) is 9.53. The van der Waals surface area contributed by atoms with Crippen LogP contribution in [-0.4, -0.2) is 11.2 Å². The van der Waals surface area contributed by atoms with Crippen LogP contribution in [0.15, 0.2) is 24.3 Å². The van der Waals surface area contributed by atoms with E-state index >= 15 is 0 Å². The lowest BCUT2D eigenvalue weighted by molar-refractivity contribution is 0.102. The highest BCUT2D eigenvalue weighted by Crippen LogP contribution is 2.29. The summed E-state index contributed by atoms with van der Waals surface area (Å²) in [6.07, 6.45) is 5.83. The Hall–Kier alpha value is -0.890. The predicted octanol–water partition coefficient (Wildman–Crippen LogP) is 3.31. The summed E-state index contributed by atoms with van der Waals surface area (Å²) in [5.41, 5.74) is 0.722. The van der Waals surface area contributed by atoms with Crippen molar-refractivity contribution in [3.8, 4) is 0 Å². The molecular weight excluding hydrogens is 203 g/mol. The molecule has 1 N–H and O–H groups in total. The highest BCUT2D eigenvalue weighted by molar-refractivity contribution is 5.17.